The van der Waals surface area contributed by atoms with Crippen molar-refractivity contribution >= 4 is 50.7 Å². The monoisotopic (exact) mass is 515 g/mol. The van der Waals surface area contributed by atoms with Crippen molar-refractivity contribution in [1.82, 2.24) is 10.2 Å². The SMILES string of the molecule is CC[C@H](C(=O)NC)N(Cc1ccc(Cl)cc1)C(=O)CN(c1ccc(OC)c(Cl)c1)S(C)(=O)=O. The number of nitrogens with zero attached hydrogens (tertiary/aromatic N) is 2. The molecule has 1 N–H and O–H groups in total. The second-order valence-corrected chi connectivity index (χ2v) is 10.0. The van der Waals surface area contributed by atoms with Gasteiger partial charge in [0, 0.05) is 18.6 Å². The van der Waals surface area contributed by atoms with Crippen LogP contribution in [0.4, 0.5) is 5.69 Å². The van der Waals surface area contributed by atoms with Gasteiger partial charge in [-0.25, -0.2) is 8.42 Å². The van der Waals surface area contributed by atoms with Crippen LogP contribution < -0.4 is 14.4 Å². The Hall–Kier alpha value is -2.49. The van der Waals surface area contributed by atoms with Crippen molar-refractivity contribution in [3.8, 4) is 5.75 Å². The van der Waals surface area contributed by atoms with Gasteiger partial charge in [-0.05, 0) is 42.3 Å². The lowest BCUT2D eigenvalue weighted by Crippen LogP contribution is -2.51. The van der Waals surface area contributed by atoms with Crippen LogP contribution in [0, 0.1) is 0 Å². The van der Waals surface area contributed by atoms with E-state index in [2.05, 4.69) is 5.32 Å². The zero-order chi connectivity index (χ0) is 24.8. The number of carbonyl (C=O) groups excluding carboxylic acids is 2. The van der Waals surface area contributed by atoms with Gasteiger partial charge in [0.25, 0.3) is 0 Å². The number of benzene rings is 2. The van der Waals surface area contributed by atoms with Gasteiger partial charge in [0.05, 0.1) is 24.1 Å². The first-order valence-corrected chi connectivity index (χ1v) is 12.7. The standard InChI is InChI=1S/C22H27Cl2N3O5S/c1-5-19(22(29)25-2)26(13-15-6-8-16(23)9-7-15)21(28)14-27(33(4,30)31)17-10-11-20(32-3)18(24)12-17/h6-12,19H,5,13-14H2,1-4H3,(H,25,29)/t19-/m1/s1. The van der Waals surface area contributed by atoms with Gasteiger partial charge < -0.3 is 15.0 Å². The zero-order valence-corrected chi connectivity index (χ0v) is 21.2. The highest BCUT2D eigenvalue weighted by Crippen LogP contribution is 2.30. The molecule has 0 bridgehead atoms. The van der Waals surface area contributed by atoms with Crippen LogP contribution in [0.1, 0.15) is 18.9 Å². The summed E-state index contributed by atoms with van der Waals surface area (Å²) in [6.07, 6.45) is 1.34. The molecule has 2 aromatic carbocycles. The smallest absolute Gasteiger partial charge is 0.244 e. The van der Waals surface area contributed by atoms with E-state index in [-0.39, 0.29) is 23.2 Å². The third-order valence-corrected chi connectivity index (χ3v) is 6.69. The maximum atomic E-state index is 13.4. The Kier molecular flexibility index (Phi) is 9.39. The van der Waals surface area contributed by atoms with Crippen molar-refractivity contribution in [3.05, 3.63) is 58.1 Å². The summed E-state index contributed by atoms with van der Waals surface area (Å²) < 4.78 is 31.2. The normalized spacial score (nSPS) is 12.1. The fourth-order valence-corrected chi connectivity index (χ4v) is 4.52. The van der Waals surface area contributed by atoms with Crippen LogP contribution in [0.25, 0.3) is 0 Å². The van der Waals surface area contributed by atoms with E-state index in [4.69, 9.17) is 27.9 Å². The highest BCUT2D eigenvalue weighted by Gasteiger charge is 2.31. The minimum Gasteiger partial charge on any atom is -0.495 e. The number of anilines is 1. The average molecular weight is 516 g/mol. The number of hydrogen-bond acceptors (Lipinski definition) is 5. The minimum absolute atomic E-state index is 0.100. The second-order valence-electron chi connectivity index (χ2n) is 7.27. The molecular weight excluding hydrogens is 489 g/mol. The van der Waals surface area contributed by atoms with Crippen LogP contribution in [0.2, 0.25) is 10.0 Å². The Balaban J connectivity index is 2.44. The molecule has 180 valence electrons. The number of amides is 2. The number of nitrogens with one attached hydrogen (secondary N) is 1. The van der Waals surface area contributed by atoms with Crippen LogP contribution in [0.5, 0.6) is 5.75 Å². The topological polar surface area (TPSA) is 96.0 Å². The summed E-state index contributed by atoms with van der Waals surface area (Å²) in [6.45, 7) is 1.37. The van der Waals surface area contributed by atoms with Gasteiger partial charge in [-0.1, -0.05) is 42.3 Å². The van der Waals surface area contributed by atoms with E-state index in [1.54, 1.807) is 31.2 Å². The van der Waals surface area contributed by atoms with E-state index < -0.39 is 28.5 Å². The molecule has 0 heterocycles. The van der Waals surface area contributed by atoms with Gasteiger partial charge in [0.2, 0.25) is 21.8 Å². The molecule has 8 nitrogen and oxygen atoms in total. The summed E-state index contributed by atoms with van der Waals surface area (Å²) in [4.78, 5) is 27.3. The van der Waals surface area contributed by atoms with Crippen LogP contribution in [0.15, 0.2) is 42.5 Å². The predicted octanol–water partition coefficient (Wildman–Crippen LogP) is 3.32. The lowest BCUT2D eigenvalue weighted by Gasteiger charge is -2.32. The predicted molar refractivity (Wildman–Crippen MR) is 130 cm³/mol. The number of methoxy groups -OCH3 is 1. The van der Waals surface area contributed by atoms with Crippen molar-refractivity contribution in [3.63, 3.8) is 0 Å². The Morgan fingerprint density at radius 2 is 1.76 bits per heavy atom. The fraction of sp³-hybridized carbons (Fsp3) is 0.364. The Labute approximate surface area is 204 Å². The van der Waals surface area contributed by atoms with Gasteiger partial charge in [0.15, 0.2) is 0 Å². The molecule has 2 rings (SSSR count). The third kappa shape index (κ3) is 6.99. The molecule has 0 saturated heterocycles. The molecule has 0 saturated carbocycles. The fourth-order valence-electron chi connectivity index (χ4n) is 3.30. The first-order chi connectivity index (χ1) is 15.5. The molecule has 0 unspecified atom stereocenters. The maximum Gasteiger partial charge on any atom is 0.244 e. The van der Waals surface area contributed by atoms with Crippen molar-refractivity contribution < 1.29 is 22.7 Å². The molecule has 0 aliphatic rings. The van der Waals surface area contributed by atoms with Gasteiger partial charge in [-0.3, -0.25) is 13.9 Å². The number of likely N-dealkylation sites (N-methyl/N-ethyl adjacent to an activating group) is 1. The van der Waals surface area contributed by atoms with Gasteiger partial charge in [-0.15, -0.1) is 0 Å². The van der Waals surface area contributed by atoms with E-state index in [9.17, 15) is 18.0 Å². The molecule has 2 amide bonds. The second kappa shape index (κ2) is 11.6. The number of ether oxygens (including phenoxy) is 1. The number of sulfonamides is 1. The highest BCUT2D eigenvalue weighted by molar-refractivity contribution is 7.92. The quantitative estimate of drug-likeness (QED) is 0.523. The summed E-state index contributed by atoms with van der Waals surface area (Å²) in [5, 5.41) is 3.30. The first kappa shape index (κ1) is 26.8. The van der Waals surface area contributed by atoms with E-state index >= 15 is 0 Å². The van der Waals surface area contributed by atoms with E-state index in [0.717, 1.165) is 16.1 Å². The third-order valence-electron chi connectivity index (χ3n) is 5.00. The molecular formula is C22H27Cl2N3O5S. The van der Waals surface area contributed by atoms with Gasteiger partial charge >= 0.3 is 0 Å². The molecule has 11 heteroatoms. The molecule has 0 aliphatic carbocycles. The highest BCUT2D eigenvalue weighted by atomic mass is 35.5. The lowest BCUT2D eigenvalue weighted by atomic mass is 10.1. The summed E-state index contributed by atoms with van der Waals surface area (Å²) in [7, 11) is -0.925. The number of halogens is 2. The molecule has 2 aromatic rings. The molecule has 0 aromatic heterocycles. The van der Waals surface area contributed by atoms with Crippen LogP contribution in [-0.2, 0) is 26.2 Å². The number of hydrogen-bond donors (Lipinski definition) is 1. The number of carbonyl (C=O) groups is 2. The summed E-state index contributed by atoms with van der Waals surface area (Å²) in [5.41, 5.74) is 0.949. The van der Waals surface area contributed by atoms with Crippen molar-refractivity contribution in [1.29, 1.82) is 0 Å². The van der Waals surface area contributed by atoms with Gasteiger partial charge in [-0.2, -0.15) is 0 Å². The summed E-state index contributed by atoms with van der Waals surface area (Å²) in [6, 6.07) is 10.5. The largest absolute Gasteiger partial charge is 0.495 e. The Morgan fingerprint density at radius 1 is 1.12 bits per heavy atom. The number of rotatable bonds is 10. The van der Waals surface area contributed by atoms with Crippen molar-refractivity contribution in [2.75, 3.05) is 31.3 Å². The van der Waals surface area contributed by atoms with Crippen LogP contribution >= 0.6 is 23.2 Å². The molecule has 0 radical (unpaired) electrons. The molecule has 33 heavy (non-hydrogen) atoms. The Morgan fingerprint density at radius 3 is 2.24 bits per heavy atom. The van der Waals surface area contributed by atoms with E-state index in [1.807, 2.05) is 0 Å². The average Bonchev–Trinajstić information content (AvgIpc) is 2.77. The zero-order valence-electron chi connectivity index (χ0n) is 18.8. The van der Waals surface area contributed by atoms with E-state index in [1.165, 1.54) is 37.3 Å². The molecule has 0 aliphatic heterocycles. The van der Waals surface area contributed by atoms with Gasteiger partial charge in [0.1, 0.15) is 18.3 Å². The van der Waals surface area contributed by atoms with Crippen LogP contribution in [0.3, 0.4) is 0 Å². The van der Waals surface area contributed by atoms with Crippen LogP contribution in [-0.4, -0.2) is 58.1 Å². The molecule has 0 fully saturated rings. The lowest BCUT2D eigenvalue weighted by molar-refractivity contribution is -0.140. The first-order valence-electron chi connectivity index (χ1n) is 10.1. The van der Waals surface area contributed by atoms with Crippen molar-refractivity contribution in [2.45, 2.75) is 25.9 Å². The minimum atomic E-state index is -3.85. The summed E-state index contributed by atoms with van der Waals surface area (Å²) >= 11 is 12.1. The maximum absolute atomic E-state index is 13.4. The van der Waals surface area contributed by atoms with E-state index in [0.29, 0.717) is 17.2 Å². The molecule has 1 atom stereocenters. The van der Waals surface area contributed by atoms with Crippen molar-refractivity contribution in [2.24, 2.45) is 0 Å². The summed E-state index contributed by atoms with van der Waals surface area (Å²) in [5.74, 6) is -0.522. The molecule has 0 spiro atoms. The Bertz CT molecular complexity index is 1090.